The molecule has 1 saturated carbocycles. The molecule has 2 unspecified atom stereocenters. The molecule has 2 atom stereocenters. The molecule has 11 heavy (non-hydrogen) atoms. The summed E-state index contributed by atoms with van der Waals surface area (Å²) >= 11 is 0. The molecule has 1 saturated heterocycles. The van der Waals surface area contributed by atoms with Crippen molar-refractivity contribution in [2.45, 2.75) is 57.5 Å². The Morgan fingerprint density at radius 3 is 2.27 bits per heavy atom. The lowest BCUT2D eigenvalue weighted by atomic mass is 9.78. The second kappa shape index (κ2) is 3.14. The minimum atomic E-state index is 0.807. The van der Waals surface area contributed by atoms with Crippen molar-refractivity contribution >= 4 is 0 Å². The second-order valence-corrected chi connectivity index (χ2v) is 4.31. The van der Waals surface area contributed by atoms with Crippen LogP contribution < -0.4 is 5.32 Å². The van der Waals surface area contributed by atoms with E-state index >= 15 is 0 Å². The fourth-order valence-corrected chi connectivity index (χ4v) is 2.59. The van der Waals surface area contributed by atoms with Gasteiger partial charge in [0, 0.05) is 12.1 Å². The summed E-state index contributed by atoms with van der Waals surface area (Å²) in [6.07, 6.45) is 8.87. The fourth-order valence-electron chi connectivity index (χ4n) is 2.59. The molecule has 1 heterocycles. The van der Waals surface area contributed by atoms with Crippen LogP contribution in [-0.4, -0.2) is 12.1 Å². The average molecular weight is 153 g/mol. The highest BCUT2D eigenvalue weighted by Crippen LogP contribution is 2.31. The van der Waals surface area contributed by atoms with Crippen molar-refractivity contribution in [3.63, 3.8) is 0 Å². The molecule has 1 N–H and O–H groups in total. The summed E-state index contributed by atoms with van der Waals surface area (Å²) in [6.45, 7) is 2.29. The maximum atomic E-state index is 3.61. The SMILES string of the molecule is CC1CC(C2CCCCC2)N1. The van der Waals surface area contributed by atoms with Crippen molar-refractivity contribution in [1.29, 1.82) is 0 Å². The van der Waals surface area contributed by atoms with E-state index < -0.39 is 0 Å². The molecule has 2 aliphatic rings. The van der Waals surface area contributed by atoms with Gasteiger partial charge in [-0.3, -0.25) is 0 Å². The first-order valence-electron chi connectivity index (χ1n) is 5.12. The first-order valence-corrected chi connectivity index (χ1v) is 5.12. The van der Waals surface area contributed by atoms with Crippen LogP contribution in [0.4, 0.5) is 0 Å². The van der Waals surface area contributed by atoms with E-state index in [1.54, 1.807) is 0 Å². The molecular formula is C10H19N. The van der Waals surface area contributed by atoms with E-state index in [0.29, 0.717) is 0 Å². The lowest BCUT2D eigenvalue weighted by Crippen LogP contribution is -2.54. The predicted octanol–water partition coefficient (Wildman–Crippen LogP) is 2.32. The largest absolute Gasteiger partial charge is 0.311 e. The standard InChI is InChI=1S/C10H19N/c1-8-7-10(11-8)9-5-3-2-4-6-9/h8-11H,2-7H2,1H3. The van der Waals surface area contributed by atoms with Crippen molar-refractivity contribution in [3.05, 3.63) is 0 Å². The molecule has 0 spiro atoms. The molecular weight excluding hydrogens is 134 g/mol. The van der Waals surface area contributed by atoms with Gasteiger partial charge in [-0.2, -0.15) is 0 Å². The van der Waals surface area contributed by atoms with E-state index in [1.807, 2.05) is 0 Å². The molecule has 0 radical (unpaired) electrons. The Balaban J connectivity index is 1.76. The van der Waals surface area contributed by atoms with Crippen LogP contribution in [0.5, 0.6) is 0 Å². The summed E-state index contributed by atoms with van der Waals surface area (Å²) < 4.78 is 0. The molecule has 0 aromatic rings. The minimum Gasteiger partial charge on any atom is -0.311 e. The summed E-state index contributed by atoms with van der Waals surface area (Å²) in [4.78, 5) is 0. The van der Waals surface area contributed by atoms with Gasteiger partial charge in [-0.1, -0.05) is 19.3 Å². The Kier molecular flexibility index (Phi) is 2.17. The minimum absolute atomic E-state index is 0.807. The van der Waals surface area contributed by atoms with Crippen LogP contribution in [0.2, 0.25) is 0 Å². The van der Waals surface area contributed by atoms with E-state index in [-0.39, 0.29) is 0 Å². The summed E-state index contributed by atoms with van der Waals surface area (Å²) in [6, 6.07) is 1.70. The van der Waals surface area contributed by atoms with Gasteiger partial charge in [0.1, 0.15) is 0 Å². The van der Waals surface area contributed by atoms with Gasteiger partial charge in [-0.25, -0.2) is 0 Å². The van der Waals surface area contributed by atoms with Crippen LogP contribution >= 0.6 is 0 Å². The molecule has 1 nitrogen and oxygen atoms in total. The van der Waals surface area contributed by atoms with E-state index in [0.717, 1.165) is 18.0 Å². The van der Waals surface area contributed by atoms with Gasteiger partial charge in [0.15, 0.2) is 0 Å². The van der Waals surface area contributed by atoms with Crippen LogP contribution in [0.3, 0.4) is 0 Å². The smallest absolute Gasteiger partial charge is 0.0112 e. The lowest BCUT2D eigenvalue weighted by molar-refractivity contribution is 0.165. The first-order chi connectivity index (χ1) is 5.36. The van der Waals surface area contributed by atoms with Crippen molar-refractivity contribution in [2.75, 3.05) is 0 Å². The summed E-state index contributed by atoms with van der Waals surface area (Å²) in [7, 11) is 0. The van der Waals surface area contributed by atoms with Crippen molar-refractivity contribution in [3.8, 4) is 0 Å². The monoisotopic (exact) mass is 153 g/mol. The third-order valence-electron chi connectivity index (χ3n) is 3.32. The number of hydrogen-bond donors (Lipinski definition) is 1. The topological polar surface area (TPSA) is 12.0 Å². The normalized spacial score (nSPS) is 40.1. The van der Waals surface area contributed by atoms with E-state index in [4.69, 9.17) is 0 Å². The quantitative estimate of drug-likeness (QED) is 0.609. The van der Waals surface area contributed by atoms with Gasteiger partial charge in [-0.15, -0.1) is 0 Å². The zero-order chi connectivity index (χ0) is 7.68. The van der Waals surface area contributed by atoms with Crippen molar-refractivity contribution < 1.29 is 0 Å². The lowest BCUT2D eigenvalue weighted by Gasteiger charge is -2.42. The van der Waals surface area contributed by atoms with Crippen molar-refractivity contribution in [2.24, 2.45) is 5.92 Å². The molecule has 1 aliphatic carbocycles. The summed E-state index contributed by atoms with van der Waals surface area (Å²) in [5, 5.41) is 3.61. The number of rotatable bonds is 1. The van der Waals surface area contributed by atoms with Gasteiger partial charge < -0.3 is 5.32 Å². The number of nitrogens with one attached hydrogen (secondary N) is 1. The van der Waals surface area contributed by atoms with E-state index in [1.165, 1.54) is 38.5 Å². The first kappa shape index (κ1) is 7.60. The third kappa shape index (κ3) is 1.58. The molecule has 64 valence electrons. The van der Waals surface area contributed by atoms with Crippen LogP contribution in [0.25, 0.3) is 0 Å². The summed E-state index contributed by atoms with van der Waals surface area (Å²) in [5.74, 6) is 1.03. The van der Waals surface area contributed by atoms with Gasteiger partial charge in [0.25, 0.3) is 0 Å². The molecule has 0 aromatic heterocycles. The zero-order valence-corrected chi connectivity index (χ0v) is 7.47. The molecule has 0 amide bonds. The van der Waals surface area contributed by atoms with E-state index in [2.05, 4.69) is 12.2 Å². The molecule has 2 rings (SSSR count). The Morgan fingerprint density at radius 2 is 1.73 bits per heavy atom. The molecule has 0 aromatic carbocycles. The Hall–Kier alpha value is -0.0400. The van der Waals surface area contributed by atoms with Gasteiger partial charge in [0.05, 0.1) is 0 Å². The predicted molar refractivity (Wildman–Crippen MR) is 47.6 cm³/mol. The molecule has 2 fully saturated rings. The average Bonchev–Trinajstić information content (AvgIpc) is 2.01. The second-order valence-electron chi connectivity index (χ2n) is 4.31. The maximum absolute atomic E-state index is 3.61. The van der Waals surface area contributed by atoms with Crippen molar-refractivity contribution in [1.82, 2.24) is 5.32 Å². The van der Waals surface area contributed by atoms with Crippen LogP contribution in [-0.2, 0) is 0 Å². The Bertz CT molecular complexity index is 121. The summed E-state index contributed by atoms with van der Waals surface area (Å²) in [5.41, 5.74) is 0. The number of hydrogen-bond acceptors (Lipinski definition) is 1. The van der Waals surface area contributed by atoms with Crippen LogP contribution in [0.15, 0.2) is 0 Å². The van der Waals surface area contributed by atoms with E-state index in [9.17, 15) is 0 Å². The highest BCUT2D eigenvalue weighted by molar-refractivity contribution is 4.91. The van der Waals surface area contributed by atoms with Crippen LogP contribution in [0.1, 0.15) is 45.4 Å². The fraction of sp³-hybridized carbons (Fsp3) is 1.00. The zero-order valence-electron chi connectivity index (χ0n) is 7.47. The highest BCUT2D eigenvalue weighted by atomic mass is 15.0. The molecule has 1 aliphatic heterocycles. The van der Waals surface area contributed by atoms with Gasteiger partial charge in [-0.05, 0) is 32.1 Å². The van der Waals surface area contributed by atoms with Crippen LogP contribution in [0, 0.1) is 5.92 Å². The van der Waals surface area contributed by atoms with Gasteiger partial charge >= 0.3 is 0 Å². The van der Waals surface area contributed by atoms with Gasteiger partial charge in [0.2, 0.25) is 0 Å². The maximum Gasteiger partial charge on any atom is 0.0112 e. The Morgan fingerprint density at radius 1 is 1.09 bits per heavy atom. The molecule has 1 heteroatoms. The molecule has 0 bridgehead atoms. The third-order valence-corrected chi connectivity index (χ3v) is 3.32. The highest BCUT2D eigenvalue weighted by Gasteiger charge is 2.31. The Labute approximate surface area is 69.6 Å².